The summed E-state index contributed by atoms with van der Waals surface area (Å²) < 4.78 is 79.6. The number of rotatable bonds is 19. The molecule has 0 bridgehead atoms. The number of nitrogens with one attached hydrogen (secondary N) is 1. The van der Waals surface area contributed by atoms with E-state index in [1.807, 2.05) is 25.9 Å². The molecule has 3 saturated heterocycles. The van der Waals surface area contributed by atoms with Crippen molar-refractivity contribution in [3.05, 3.63) is 34.2 Å². The Morgan fingerprint density at radius 2 is 1.58 bits per heavy atom. The van der Waals surface area contributed by atoms with Crippen molar-refractivity contribution < 1.29 is 80.6 Å². The lowest BCUT2D eigenvalue weighted by molar-refractivity contribution is -0.317. The highest BCUT2D eigenvalue weighted by molar-refractivity contribution is 7.99. The Kier molecular flexibility index (Phi) is 22.4. The molecule has 18 atom stereocenters. The van der Waals surface area contributed by atoms with Crippen molar-refractivity contribution >= 4 is 50.6 Å². The quantitative estimate of drug-likeness (QED) is 0.0585. The first-order valence-electron chi connectivity index (χ1n) is 26.7. The highest BCUT2D eigenvalue weighted by Crippen LogP contribution is 2.42. The molecule has 0 spiro atoms. The molecule has 5 rings (SSSR count). The van der Waals surface area contributed by atoms with Crippen LogP contribution < -0.4 is 15.8 Å². The molecule has 3 aliphatic heterocycles. The molecule has 3 fully saturated rings. The fourth-order valence-electron chi connectivity index (χ4n) is 11.2. The molecule has 3 aliphatic rings. The summed E-state index contributed by atoms with van der Waals surface area (Å²) in [5.41, 5.74) is -5.53. The summed E-state index contributed by atoms with van der Waals surface area (Å²) in [5, 5.41) is 49.7. The first kappa shape index (κ1) is 65.4. The average Bonchev–Trinajstić information content (AvgIpc) is 3.39. The molecule has 0 saturated carbocycles. The molecule has 0 amide bonds. The van der Waals surface area contributed by atoms with E-state index in [4.69, 9.17) is 37.3 Å². The van der Waals surface area contributed by atoms with Crippen molar-refractivity contribution in [1.29, 1.82) is 0 Å². The summed E-state index contributed by atoms with van der Waals surface area (Å²) in [6, 6.07) is 1.22. The average molecular weight is 1150 g/mol. The number of pyridine rings is 2. The zero-order valence-corrected chi connectivity index (χ0v) is 49.8. The lowest BCUT2D eigenvalue weighted by Gasteiger charge is -2.50. The third-order valence-electron chi connectivity index (χ3n) is 16.0. The molecule has 0 aromatic carbocycles. The molecular formula is C53H87N5O18S2. The Labute approximate surface area is 463 Å². The molecule has 0 aliphatic carbocycles. The predicted octanol–water partition coefficient (Wildman–Crippen LogP) is 2.78. The van der Waals surface area contributed by atoms with Gasteiger partial charge in [0, 0.05) is 94.7 Å². The van der Waals surface area contributed by atoms with Crippen LogP contribution in [0.15, 0.2) is 28.2 Å². The Morgan fingerprint density at radius 3 is 2.17 bits per heavy atom. The van der Waals surface area contributed by atoms with E-state index in [9.17, 15) is 48.0 Å². The molecule has 25 heteroatoms. The zero-order chi connectivity index (χ0) is 58.6. The van der Waals surface area contributed by atoms with Gasteiger partial charge < -0.3 is 68.8 Å². The molecule has 0 unspecified atom stereocenters. The van der Waals surface area contributed by atoms with Gasteiger partial charge in [-0.15, -0.1) is 11.8 Å². The molecule has 78 heavy (non-hydrogen) atoms. The number of esters is 1. The lowest BCUT2D eigenvalue weighted by Crippen LogP contribution is -2.62. The Hall–Kier alpha value is -3.41. The van der Waals surface area contributed by atoms with Gasteiger partial charge >= 0.3 is 11.9 Å². The number of ether oxygens (including phenoxy) is 7. The predicted molar refractivity (Wildman–Crippen MR) is 290 cm³/mol. The van der Waals surface area contributed by atoms with Gasteiger partial charge in [0.1, 0.15) is 35.3 Å². The first-order chi connectivity index (χ1) is 36.3. The molecule has 0 radical (unpaired) electrons. The van der Waals surface area contributed by atoms with Crippen LogP contribution in [-0.4, -0.2) is 212 Å². The highest BCUT2D eigenvalue weighted by Gasteiger charge is 2.55. The number of carbonyl (C=O) groups excluding carboxylic acids is 2. The summed E-state index contributed by atoms with van der Waals surface area (Å²) in [4.78, 5) is 60.5. The van der Waals surface area contributed by atoms with Crippen LogP contribution in [0.1, 0.15) is 105 Å². The summed E-state index contributed by atoms with van der Waals surface area (Å²) in [5.74, 6) is -6.38. The van der Waals surface area contributed by atoms with Gasteiger partial charge in [-0.3, -0.25) is 18.6 Å². The van der Waals surface area contributed by atoms with Crippen LogP contribution in [0.3, 0.4) is 0 Å². The van der Waals surface area contributed by atoms with Crippen molar-refractivity contribution in [3.8, 4) is 0 Å². The van der Waals surface area contributed by atoms with Crippen molar-refractivity contribution in [1.82, 2.24) is 19.9 Å². The number of carboxylic acids is 1. The second-order valence-corrected chi connectivity index (χ2v) is 25.4. The number of Topliss-reactive ketones (excluding diaryl/α,β-unsaturated/α-hetero) is 1. The van der Waals surface area contributed by atoms with Gasteiger partial charge in [0.25, 0.3) is 10.1 Å². The summed E-state index contributed by atoms with van der Waals surface area (Å²) >= 11 is 1.35. The standard InChI is InChI=1S/C53H87N5O18S2/c1-17-38-53(10,66)44(62)30(4)40(59)28(2)24-51(8,69-15)45(75-50-42(61)37(56(11)12)22-29(3)71-50)31(5)43(32(6)49(65)73-38)74-39-25-52(9,70-16)46(33(7)72-39)76-78(67,68)21-19-54-18-20-77-34-23-35-41(60)36(48(63)64)27-58(57(13)14)47(35)55-26-34/h23,26-33,37-39,42-46,50,54,61-62,66H,17-22,24-25H2,1-16H3,(H,63,64)/t28-,29-,30-,31+,32-,33+,37+,38-,39+,42-,43+,44-,45-,46+,50+,51-,52-,53-/m1/s1. The van der Waals surface area contributed by atoms with Gasteiger partial charge in [0.15, 0.2) is 18.2 Å². The van der Waals surface area contributed by atoms with Crippen molar-refractivity contribution in [2.75, 3.05) is 72.0 Å². The van der Waals surface area contributed by atoms with Crippen LogP contribution in [0.2, 0.25) is 0 Å². The van der Waals surface area contributed by atoms with E-state index in [1.165, 1.54) is 50.7 Å². The number of hydrogen-bond donors (Lipinski definition) is 5. The van der Waals surface area contributed by atoms with Gasteiger partial charge in [-0.1, -0.05) is 27.7 Å². The number of ketones is 1. The highest BCUT2D eigenvalue weighted by atomic mass is 32.2. The SMILES string of the molecule is CC[C@H]1OC(=O)[C@H](C)[C@@H](O[C@H]2C[C@@](C)(OC)[C@@H](OS(=O)(=O)CCNCCSc3cnc4c(c3)c(=O)c(C(=O)O)cn4N(C)C)[C@H](C)O2)[C@H](C)[C@@H](O[C@@H]2O[C@H](C)C[C@H](N(C)C)[C@H]2O)[C@](C)(OC)C[C@@H](C)C(=O)[C@@H](C)[C@@H](O)[C@]1(C)O. The molecule has 2 aromatic rings. The van der Waals surface area contributed by atoms with Gasteiger partial charge in [0.05, 0.1) is 58.8 Å². The monoisotopic (exact) mass is 1150 g/mol. The van der Waals surface area contributed by atoms with Crippen molar-refractivity contribution in [2.24, 2.45) is 23.7 Å². The maximum absolute atomic E-state index is 14.6. The minimum Gasteiger partial charge on any atom is -0.477 e. The normalized spacial score (nSPS) is 36.8. The number of nitrogens with zero attached hydrogens (tertiary/aromatic N) is 4. The van der Waals surface area contributed by atoms with Gasteiger partial charge in [-0.25, -0.2) is 14.5 Å². The fraction of sp³-hybridized carbons (Fsp3) is 0.792. The first-order valence-corrected chi connectivity index (χ1v) is 29.3. The van der Waals surface area contributed by atoms with Crippen LogP contribution >= 0.6 is 11.8 Å². The number of likely N-dealkylation sites (N-methyl/N-ethyl adjacent to an activating group) is 1. The smallest absolute Gasteiger partial charge is 0.341 e. The number of carboxylic acid groups (broad SMARTS) is 1. The summed E-state index contributed by atoms with van der Waals surface area (Å²) in [6.45, 7) is 16.9. The number of aromatic nitrogens is 2. The number of hydrogen-bond acceptors (Lipinski definition) is 22. The fourth-order valence-corrected chi connectivity index (χ4v) is 13.2. The van der Waals surface area contributed by atoms with E-state index in [-0.39, 0.29) is 49.1 Å². The van der Waals surface area contributed by atoms with Crippen LogP contribution in [0, 0.1) is 23.7 Å². The third kappa shape index (κ3) is 14.8. The molecule has 444 valence electrons. The van der Waals surface area contributed by atoms with Gasteiger partial charge in [-0.05, 0) is 81.0 Å². The van der Waals surface area contributed by atoms with Gasteiger partial charge in [0.2, 0.25) is 5.43 Å². The van der Waals surface area contributed by atoms with E-state index in [1.54, 1.807) is 79.8 Å². The van der Waals surface area contributed by atoms with E-state index in [0.29, 0.717) is 29.3 Å². The maximum Gasteiger partial charge on any atom is 0.341 e. The zero-order valence-electron chi connectivity index (χ0n) is 48.2. The van der Waals surface area contributed by atoms with Crippen molar-refractivity contribution in [3.63, 3.8) is 0 Å². The molecule has 2 aromatic heterocycles. The number of aliphatic hydroxyl groups excluding tert-OH is 2. The third-order valence-corrected chi connectivity index (χ3v) is 18.2. The van der Waals surface area contributed by atoms with Crippen molar-refractivity contribution in [2.45, 2.75) is 184 Å². The number of aromatic carboxylic acids is 1. The minimum atomic E-state index is -4.23. The lowest BCUT2D eigenvalue weighted by atomic mass is 9.74. The van der Waals surface area contributed by atoms with E-state index in [2.05, 4.69) is 10.3 Å². The summed E-state index contributed by atoms with van der Waals surface area (Å²) in [7, 11) is 5.73. The number of methoxy groups -OCH3 is 2. The minimum absolute atomic E-state index is 0.0137. The summed E-state index contributed by atoms with van der Waals surface area (Å²) in [6.07, 6.45) is -7.84. The van der Waals surface area contributed by atoms with E-state index in [0.717, 1.165) is 0 Å². The Bertz CT molecular complexity index is 2550. The van der Waals surface area contributed by atoms with E-state index >= 15 is 0 Å². The molecule has 5 N–H and O–H groups in total. The molecule has 5 heterocycles. The van der Waals surface area contributed by atoms with Crippen LogP contribution in [0.5, 0.6) is 0 Å². The van der Waals surface area contributed by atoms with Crippen LogP contribution in [0.25, 0.3) is 11.0 Å². The number of aliphatic hydroxyl groups is 3. The Morgan fingerprint density at radius 1 is 0.936 bits per heavy atom. The maximum atomic E-state index is 14.6. The second kappa shape index (κ2) is 26.7. The van der Waals surface area contributed by atoms with E-state index < -0.39 is 135 Å². The van der Waals surface area contributed by atoms with Gasteiger partial charge in [-0.2, -0.15) is 8.42 Å². The molecular weight excluding hydrogens is 1060 g/mol. The number of fused-ring (bicyclic) bond motifs is 1. The number of cyclic esters (lactones) is 1. The van der Waals surface area contributed by atoms with Crippen LogP contribution in [-0.2, 0) is 57.0 Å². The number of carbonyl (C=O) groups is 3. The van der Waals surface area contributed by atoms with Crippen LogP contribution in [0.4, 0.5) is 0 Å². The number of thioether (sulfide) groups is 1. The topological polar surface area (TPSA) is 294 Å². The molecule has 23 nitrogen and oxygen atoms in total. The Balaban J connectivity index is 1.37. The second-order valence-electron chi connectivity index (χ2n) is 22.5. The largest absolute Gasteiger partial charge is 0.477 e.